The molecule has 0 bridgehead atoms. The van der Waals surface area contributed by atoms with Gasteiger partial charge in [0.1, 0.15) is 17.0 Å². The number of amides is 1. The van der Waals surface area contributed by atoms with E-state index < -0.39 is 11.6 Å². The third-order valence-corrected chi connectivity index (χ3v) is 3.68. The van der Waals surface area contributed by atoms with Crippen LogP contribution in [0.25, 0.3) is 11.0 Å². The minimum atomic E-state index is -0.516. The number of hydrogen-bond donors (Lipinski definition) is 0. The van der Waals surface area contributed by atoms with E-state index in [-0.39, 0.29) is 5.91 Å². The van der Waals surface area contributed by atoms with Crippen molar-refractivity contribution in [1.82, 2.24) is 0 Å². The number of nitrogens with zero attached hydrogens (tertiary/aromatic N) is 1. The number of ether oxygens (including phenoxy) is 1. The Balaban J connectivity index is 2.25. The second-order valence-corrected chi connectivity index (χ2v) is 5.24. The van der Waals surface area contributed by atoms with E-state index in [9.17, 15) is 14.4 Å². The molecule has 0 unspecified atom stereocenters. The van der Waals surface area contributed by atoms with Gasteiger partial charge in [0.25, 0.3) is 0 Å². The lowest BCUT2D eigenvalue weighted by Gasteiger charge is -2.27. The van der Waals surface area contributed by atoms with Crippen LogP contribution in [-0.2, 0) is 16.0 Å². The molecule has 2 aromatic rings. The Bertz CT molecular complexity index is 836. The Morgan fingerprint density at radius 1 is 1.27 bits per heavy atom. The molecule has 0 saturated heterocycles. The molecule has 1 amide bonds. The lowest BCUT2D eigenvalue weighted by atomic mass is 9.99. The highest BCUT2D eigenvalue weighted by Gasteiger charge is 2.26. The topological polar surface area (TPSA) is 76.8 Å². The first-order valence-corrected chi connectivity index (χ1v) is 7.03. The summed E-state index contributed by atoms with van der Waals surface area (Å²) in [6.07, 6.45) is 1.44. The van der Waals surface area contributed by atoms with E-state index in [0.717, 1.165) is 12.0 Å². The van der Waals surface area contributed by atoms with Gasteiger partial charge in [0.05, 0.1) is 0 Å². The third kappa shape index (κ3) is 2.36. The molecule has 1 aliphatic rings. The predicted octanol–water partition coefficient (Wildman–Crippen LogP) is 2.02. The number of esters is 1. The molecule has 0 N–H and O–H groups in total. The first-order valence-electron chi connectivity index (χ1n) is 7.03. The molecule has 0 radical (unpaired) electrons. The van der Waals surface area contributed by atoms with Crippen LogP contribution in [0.3, 0.4) is 0 Å². The van der Waals surface area contributed by atoms with E-state index in [1.165, 1.54) is 18.7 Å². The Hall–Kier alpha value is -2.63. The third-order valence-electron chi connectivity index (χ3n) is 3.68. The first-order chi connectivity index (χ1) is 10.5. The highest BCUT2D eigenvalue weighted by atomic mass is 16.5. The molecule has 1 aliphatic heterocycles. The van der Waals surface area contributed by atoms with Gasteiger partial charge in [-0.05, 0) is 36.6 Å². The van der Waals surface area contributed by atoms with E-state index in [0.29, 0.717) is 35.4 Å². The first kappa shape index (κ1) is 14.3. The minimum Gasteiger partial charge on any atom is -0.427 e. The average Bonchev–Trinajstić information content (AvgIpc) is 2.47. The van der Waals surface area contributed by atoms with Crippen LogP contribution in [0.4, 0.5) is 5.69 Å². The van der Waals surface area contributed by atoms with Crippen molar-refractivity contribution in [2.75, 3.05) is 11.4 Å². The van der Waals surface area contributed by atoms with Crippen LogP contribution in [0.15, 0.2) is 27.4 Å². The summed E-state index contributed by atoms with van der Waals surface area (Å²) < 4.78 is 10.4. The number of carbonyl (C=O) groups excluding carboxylic acids is 2. The van der Waals surface area contributed by atoms with Crippen LogP contribution in [0, 0.1) is 0 Å². The largest absolute Gasteiger partial charge is 0.427 e. The fourth-order valence-corrected chi connectivity index (χ4v) is 2.83. The molecule has 0 fully saturated rings. The summed E-state index contributed by atoms with van der Waals surface area (Å²) in [5.74, 6) is -0.226. The smallest absolute Gasteiger partial charge is 0.360 e. The maximum Gasteiger partial charge on any atom is 0.360 e. The lowest BCUT2D eigenvalue weighted by molar-refractivity contribution is -0.131. The molecule has 114 valence electrons. The number of hydrogen-bond acceptors (Lipinski definition) is 5. The molecule has 1 aromatic heterocycles. The van der Waals surface area contributed by atoms with E-state index in [1.807, 2.05) is 0 Å². The van der Waals surface area contributed by atoms with Crippen molar-refractivity contribution in [2.45, 2.75) is 26.7 Å². The van der Waals surface area contributed by atoms with Crippen LogP contribution >= 0.6 is 0 Å². The number of carbonyl (C=O) groups is 2. The van der Waals surface area contributed by atoms with Gasteiger partial charge < -0.3 is 14.1 Å². The predicted molar refractivity (Wildman–Crippen MR) is 80.1 cm³/mol. The second kappa shape index (κ2) is 5.29. The van der Waals surface area contributed by atoms with E-state index in [4.69, 9.17) is 9.15 Å². The lowest BCUT2D eigenvalue weighted by Crippen LogP contribution is -2.37. The summed E-state index contributed by atoms with van der Waals surface area (Å²) >= 11 is 0. The molecular weight excluding hydrogens is 286 g/mol. The SMILES string of the molecule is CC(=O)Oc1ccc2oc(=O)c3c(c2c1)CCCN3C(C)=O. The molecule has 3 rings (SSSR count). The average molecular weight is 301 g/mol. The summed E-state index contributed by atoms with van der Waals surface area (Å²) in [6, 6.07) is 4.84. The summed E-state index contributed by atoms with van der Waals surface area (Å²) in [4.78, 5) is 36.5. The maximum absolute atomic E-state index is 12.2. The number of aryl methyl sites for hydroxylation is 1. The Kier molecular flexibility index (Phi) is 3.44. The summed E-state index contributed by atoms with van der Waals surface area (Å²) in [7, 11) is 0. The van der Waals surface area contributed by atoms with Crippen LogP contribution < -0.4 is 15.3 Å². The Morgan fingerprint density at radius 3 is 2.73 bits per heavy atom. The normalized spacial score (nSPS) is 13.8. The van der Waals surface area contributed by atoms with Gasteiger partial charge in [0, 0.05) is 25.8 Å². The number of rotatable bonds is 1. The molecule has 22 heavy (non-hydrogen) atoms. The molecule has 0 atom stereocenters. The van der Waals surface area contributed by atoms with Gasteiger partial charge in [-0.2, -0.15) is 0 Å². The zero-order valence-corrected chi connectivity index (χ0v) is 12.3. The fraction of sp³-hybridized carbons (Fsp3) is 0.312. The molecule has 6 heteroatoms. The zero-order valence-electron chi connectivity index (χ0n) is 12.3. The van der Waals surface area contributed by atoms with E-state index in [1.54, 1.807) is 18.2 Å². The van der Waals surface area contributed by atoms with Crippen molar-refractivity contribution in [3.8, 4) is 5.75 Å². The van der Waals surface area contributed by atoms with Crippen LogP contribution in [-0.4, -0.2) is 18.4 Å². The number of anilines is 1. The van der Waals surface area contributed by atoms with Gasteiger partial charge >= 0.3 is 11.6 Å². The van der Waals surface area contributed by atoms with Gasteiger partial charge in [-0.1, -0.05) is 0 Å². The number of fused-ring (bicyclic) bond motifs is 3. The summed E-state index contributed by atoms with van der Waals surface area (Å²) in [6.45, 7) is 3.25. The second-order valence-electron chi connectivity index (χ2n) is 5.24. The molecule has 2 heterocycles. The van der Waals surface area contributed by atoms with Gasteiger partial charge in [0.15, 0.2) is 0 Å². The maximum atomic E-state index is 12.2. The summed E-state index contributed by atoms with van der Waals surface area (Å²) in [5.41, 5.74) is 0.968. The minimum absolute atomic E-state index is 0.191. The molecule has 0 spiro atoms. The van der Waals surface area contributed by atoms with Crippen LogP contribution in [0.5, 0.6) is 5.75 Å². The van der Waals surface area contributed by atoms with Gasteiger partial charge in [0.2, 0.25) is 5.91 Å². The van der Waals surface area contributed by atoms with Crippen molar-refractivity contribution in [2.24, 2.45) is 0 Å². The van der Waals surface area contributed by atoms with Crippen LogP contribution in [0.2, 0.25) is 0 Å². The zero-order chi connectivity index (χ0) is 15.9. The van der Waals surface area contributed by atoms with Crippen LogP contribution in [0.1, 0.15) is 25.8 Å². The molecule has 1 aromatic carbocycles. The van der Waals surface area contributed by atoms with Gasteiger partial charge in [-0.3, -0.25) is 9.59 Å². The van der Waals surface area contributed by atoms with Crippen molar-refractivity contribution in [3.63, 3.8) is 0 Å². The van der Waals surface area contributed by atoms with Crippen molar-refractivity contribution in [1.29, 1.82) is 0 Å². The molecule has 0 aliphatic carbocycles. The molecular formula is C16H15NO5. The molecule has 6 nitrogen and oxygen atoms in total. The van der Waals surface area contributed by atoms with Gasteiger partial charge in [-0.25, -0.2) is 4.79 Å². The monoisotopic (exact) mass is 301 g/mol. The Morgan fingerprint density at radius 2 is 2.05 bits per heavy atom. The van der Waals surface area contributed by atoms with Crippen molar-refractivity contribution in [3.05, 3.63) is 34.2 Å². The Labute approximate surface area is 126 Å². The van der Waals surface area contributed by atoms with Gasteiger partial charge in [-0.15, -0.1) is 0 Å². The van der Waals surface area contributed by atoms with Crippen molar-refractivity contribution < 1.29 is 18.7 Å². The summed E-state index contributed by atoms with van der Waals surface area (Å²) in [5, 5.41) is 0.694. The number of benzene rings is 1. The van der Waals surface area contributed by atoms with E-state index >= 15 is 0 Å². The fourth-order valence-electron chi connectivity index (χ4n) is 2.83. The van der Waals surface area contributed by atoms with E-state index in [2.05, 4.69) is 0 Å². The quantitative estimate of drug-likeness (QED) is 0.457. The molecule has 0 saturated carbocycles. The highest BCUT2D eigenvalue weighted by molar-refractivity contribution is 5.96. The highest BCUT2D eigenvalue weighted by Crippen LogP contribution is 2.32. The van der Waals surface area contributed by atoms with Crippen molar-refractivity contribution >= 4 is 28.5 Å². The standard InChI is InChI=1S/C16H15NO5/c1-9(18)17-7-3-4-12-13-8-11(21-10(2)19)5-6-14(13)22-16(20)15(12)17/h5-6,8H,3-4,7H2,1-2H3.